The Hall–Kier alpha value is -1.06. The molecule has 0 radical (unpaired) electrons. The number of para-hydroxylation sites is 1. The molecule has 3 heteroatoms. The molecule has 0 heterocycles. The van der Waals surface area contributed by atoms with E-state index in [-0.39, 0.29) is 0 Å². The van der Waals surface area contributed by atoms with Gasteiger partial charge >= 0.3 is 0 Å². The molecule has 0 aromatic heterocycles. The summed E-state index contributed by atoms with van der Waals surface area (Å²) in [6.45, 7) is 10.7. The van der Waals surface area contributed by atoms with Crippen molar-refractivity contribution in [1.82, 2.24) is 5.32 Å². The van der Waals surface area contributed by atoms with Crippen LogP contribution in [0.2, 0.25) is 0 Å². The lowest BCUT2D eigenvalue weighted by Gasteiger charge is -2.15. The van der Waals surface area contributed by atoms with Gasteiger partial charge in [-0.15, -0.1) is 0 Å². The molecular weight excluding hydrogens is 262 g/mol. The van der Waals surface area contributed by atoms with E-state index in [0.717, 1.165) is 44.9 Å². The van der Waals surface area contributed by atoms with E-state index in [2.05, 4.69) is 44.3 Å². The van der Waals surface area contributed by atoms with Crippen LogP contribution in [0, 0.1) is 0 Å². The Morgan fingerprint density at radius 1 is 1.05 bits per heavy atom. The zero-order valence-corrected chi connectivity index (χ0v) is 13.9. The lowest BCUT2D eigenvalue weighted by Crippen LogP contribution is -2.25. The van der Waals surface area contributed by atoms with Crippen LogP contribution in [0.1, 0.15) is 51.5 Å². The van der Waals surface area contributed by atoms with Crippen molar-refractivity contribution in [1.29, 1.82) is 0 Å². The van der Waals surface area contributed by atoms with Crippen molar-refractivity contribution in [3.8, 4) is 5.75 Å². The van der Waals surface area contributed by atoms with E-state index in [1.165, 1.54) is 12.0 Å². The van der Waals surface area contributed by atoms with Crippen LogP contribution in [-0.2, 0) is 4.74 Å². The topological polar surface area (TPSA) is 30.5 Å². The summed E-state index contributed by atoms with van der Waals surface area (Å²) in [5.74, 6) is 1.56. The molecule has 1 unspecified atom stereocenters. The molecule has 0 saturated heterocycles. The van der Waals surface area contributed by atoms with Crippen LogP contribution in [0.3, 0.4) is 0 Å². The average molecular weight is 293 g/mol. The van der Waals surface area contributed by atoms with Gasteiger partial charge in [-0.05, 0) is 30.4 Å². The zero-order valence-electron chi connectivity index (χ0n) is 13.9. The van der Waals surface area contributed by atoms with Crippen LogP contribution >= 0.6 is 0 Å². The minimum atomic E-state index is 0.543. The van der Waals surface area contributed by atoms with E-state index >= 15 is 0 Å². The number of benzene rings is 1. The van der Waals surface area contributed by atoms with Crippen molar-refractivity contribution in [2.24, 2.45) is 0 Å². The molecule has 21 heavy (non-hydrogen) atoms. The average Bonchev–Trinajstić information content (AvgIpc) is 2.53. The summed E-state index contributed by atoms with van der Waals surface area (Å²) in [5.41, 5.74) is 1.31. The first kappa shape index (κ1) is 18.0. The highest BCUT2D eigenvalue weighted by molar-refractivity contribution is 5.35. The molecule has 1 atom stereocenters. The molecule has 0 bridgehead atoms. The van der Waals surface area contributed by atoms with E-state index in [1.807, 2.05) is 6.07 Å². The quantitative estimate of drug-likeness (QED) is 0.591. The largest absolute Gasteiger partial charge is 0.492 e. The normalized spacial score (nSPS) is 12.3. The van der Waals surface area contributed by atoms with Gasteiger partial charge in [-0.1, -0.05) is 45.4 Å². The molecule has 0 amide bonds. The van der Waals surface area contributed by atoms with Crippen molar-refractivity contribution >= 4 is 0 Å². The summed E-state index contributed by atoms with van der Waals surface area (Å²) in [4.78, 5) is 0. The van der Waals surface area contributed by atoms with Gasteiger partial charge in [0.15, 0.2) is 0 Å². The minimum absolute atomic E-state index is 0.543. The van der Waals surface area contributed by atoms with Gasteiger partial charge in [0.25, 0.3) is 0 Å². The van der Waals surface area contributed by atoms with Gasteiger partial charge in [-0.3, -0.25) is 0 Å². The number of hydrogen-bond acceptors (Lipinski definition) is 3. The molecule has 0 saturated carbocycles. The summed E-state index contributed by atoms with van der Waals surface area (Å²) >= 11 is 0. The SMILES string of the molecule is CCCCOCCNCCOc1ccccc1C(C)CC. The van der Waals surface area contributed by atoms with Crippen LogP contribution < -0.4 is 10.1 Å². The Bertz CT molecular complexity index is 368. The second-order valence-electron chi connectivity index (χ2n) is 5.41. The van der Waals surface area contributed by atoms with Crippen molar-refractivity contribution in [3.63, 3.8) is 0 Å². The third kappa shape index (κ3) is 7.49. The number of hydrogen-bond donors (Lipinski definition) is 1. The van der Waals surface area contributed by atoms with Crippen molar-refractivity contribution in [2.75, 3.05) is 32.9 Å². The van der Waals surface area contributed by atoms with Crippen molar-refractivity contribution < 1.29 is 9.47 Å². The maximum atomic E-state index is 5.90. The predicted molar refractivity (Wildman–Crippen MR) is 89.2 cm³/mol. The van der Waals surface area contributed by atoms with Crippen LogP contribution in [-0.4, -0.2) is 32.9 Å². The summed E-state index contributed by atoms with van der Waals surface area (Å²) in [5, 5.41) is 3.35. The Labute approximate surface area is 130 Å². The molecular formula is C18H31NO2. The monoisotopic (exact) mass is 293 g/mol. The number of rotatable bonds is 12. The molecule has 120 valence electrons. The van der Waals surface area contributed by atoms with Crippen LogP contribution in [0.15, 0.2) is 24.3 Å². The maximum Gasteiger partial charge on any atom is 0.122 e. The number of nitrogens with one attached hydrogen (secondary N) is 1. The van der Waals surface area contributed by atoms with Crippen LogP contribution in [0.25, 0.3) is 0 Å². The first-order chi connectivity index (χ1) is 10.3. The van der Waals surface area contributed by atoms with E-state index in [0.29, 0.717) is 12.5 Å². The van der Waals surface area contributed by atoms with Gasteiger partial charge in [0.1, 0.15) is 12.4 Å². The summed E-state index contributed by atoms with van der Waals surface area (Å²) in [7, 11) is 0. The molecule has 1 rings (SSSR count). The Morgan fingerprint density at radius 3 is 2.57 bits per heavy atom. The lowest BCUT2D eigenvalue weighted by molar-refractivity contribution is 0.132. The fourth-order valence-electron chi connectivity index (χ4n) is 2.09. The van der Waals surface area contributed by atoms with Crippen LogP contribution in [0.4, 0.5) is 0 Å². The maximum absolute atomic E-state index is 5.90. The zero-order chi connectivity index (χ0) is 15.3. The summed E-state index contributed by atoms with van der Waals surface area (Å²) < 4.78 is 11.4. The minimum Gasteiger partial charge on any atom is -0.492 e. The van der Waals surface area contributed by atoms with Crippen molar-refractivity contribution in [3.05, 3.63) is 29.8 Å². The molecule has 0 aliphatic heterocycles. The second-order valence-corrected chi connectivity index (χ2v) is 5.41. The van der Waals surface area contributed by atoms with Gasteiger partial charge in [0, 0.05) is 19.7 Å². The molecule has 1 aromatic rings. The predicted octanol–water partition coefficient (Wildman–Crippen LogP) is 3.99. The number of unbranched alkanes of at least 4 members (excludes halogenated alkanes) is 1. The van der Waals surface area contributed by atoms with Gasteiger partial charge in [0.2, 0.25) is 0 Å². The van der Waals surface area contributed by atoms with E-state index in [1.54, 1.807) is 0 Å². The highest BCUT2D eigenvalue weighted by Gasteiger charge is 2.08. The van der Waals surface area contributed by atoms with E-state index in [4.69, 9.17) is 9.47 Å². The smallest absolute Gasteiger partial charge is 0.122 e. The summed E-state index contributed by atoms with van der Waals surface area (Å²) in [6.07, 6.45) is 3.47. The highest BCUT2D eigenvalue weighted by Crippen LogP contribution is 2.28. The van der Waals surface area contributed by atoms with Gasteiger partial charge in [-0.2, -0.15) is 0 Å². The first-order valence-corrected chi connectivity index (χ1v) is 8.29. The third-order valence-electron chi connectivity index (χ3n) is 3.66. The second kappa shape index (κ2) is 11.6. The molecule has 0 spiro atoms. The van der Waals surface area contributed by atoms with Gasteiger partial charge in [0.05, 0.1) is 6.61 Å². The number of ether oxygens (including phenoxy) is 2. The van der Waals surface area contributed by atoms with E-state index < -0.39 is 0 Å². The third-order valence-corrected chi connectivity index (χ3v) is 3.66. The molecule has 0 fully saturated rings. The fraction of sp³-hybridized carbons (Fsp3) is 0.667. The Morgan fingerprint density at radius 2 is 1.81 bits per heavy atom. The summed E-state index contributed by atoms with van der Waals surface area (Å²) in [6, 6.07) is 8.35. The lowest BCUT2D eigenvalue weighted by atomic mass is 9.98. The van der Waals surface area contributed by atoms with Crippen LogP contribution in [0.5, 0.6) is 5.75 Å². The van der Waals surface area contributed by atoms with Gasteiger partial charge in [-0.25, -0.2) is 0 Å². The first-order valence-electron chi connectivity index (χ1n) is 8.29. The Balaban J connectivity index is 2.15. The Kier molecular flexibility index (Phi) is 9.92. The highest BCUT2D eigenvalue weighted by atomic mass is 16.5. The molecule has 0 aliphatic rings. The molecule has 0 aliphatic carbocycles. The molecule has 3 nitrogen and oxygen atoms in total. The van der Waals surface area contributed by atoms with E-state index in [9.17, 15) is 0 Å². The van der Waals surface area contributed by atoms with Gasteiger partial charge < -0.3 is 14.8 Å². The van der Waals surface area contributed by atoms with Crippen molar-refractivity contribution in [2.45, 2.75) is 46.0 Å². The molecule has 1 N–H and O–H groups in total. The standard InChI is InChI=1S/C18H31NO2/c1-4-6-13-20-14-11-19-12-15-21-18-10-8-7-9-17(18)16(3)5-2/h7-10,16,19H,4-6,11-15H2,1-3H3. The fourth-order valence-corrected chi connectivity index (χ4v) is 2.09. The molecule has 1 aromatic carbocycles.